The number of esters is 1. The van der Waals surface area contributed by atoms with Crippen LogP contribution in [0, 0.1) is 0 Å². The van der Waals surface area contributed by atoms with Crippen molar-refractivity contribution in [3.05, 3.63) is 0 Å². The zero-order valence-corrected chi connectivity index (χ0v) is 18.7. The second kappa shape index (κ2) is 23.2. The summed E-state index contributed by atoms with van der Waals surface area (Å²) in [5.74, 6) is -0.754. The average Bonchev–Trinajstić information content (AvgIpc) is 2.70. The summed E-state index contributed by atoms with van der Waals surface area (Å²) in [5, 5.41) is 17.3. The molecule has 0 atom stereocenters. The van der Waals surface area contributed by atoms with Gasteiger partial charge < -0.3 is 14.9 Å². The third kappa shape index (κ3) is 24.9. The Labute approximate surface area is 178 Å². The average molecular weight is 415 g/mol. The molecule has 0 heterocycles. The van der Waals surface area contributed by atoms with Gasteiger partial charge in [-0.2, -0.15) is 0 Å². The first kappa shape index (κ1) is 27.9. The van der Waals surface area contributed by atoms with Gasteiger partial charge in [-0.15, -0.1) is 0 Å². The summed E-state index contributed by atoms with van der Waals surface area (Å²) in [5.41, 5.74) is 0. The van der Waals surface area contributed by atoms with E-state index >= 15 is 0 Å². The van der Waals surface area contributed by atoms with Gasteiger partial charge in [0.2, 0.25) is 0 Å². The van der Waals surface area contributed by atoms with Gasteiger partial charge in [-0.3, -0.25) is 9.59 Å². The molecule has 0 rings (SSSR count). The summed E-state index contributed by atoms with van der Waals surface area (Å²) in [6.45, 7) is 0.889. The number of carbonyl (C=O) groups excluding carboxylic acids is 1. The highest BCUT2D eigenvalue weighted by molar-refractivity contribution is 5.69. The summed E-state index contributed by atoms with van der Waals surface area (Å²) in [6.07, 6.45) is 21.0. The molecule has 0 saturated carbocycles. The lowest BCUT2D eigenvalue weighted by Gasteiger charge is -2.05. The Morgan fingerprint density at radius 1 is 0.517 bits per heavy atom. The second-order valence-corrected chi connectivity index (χ2v) is 8.20. The molecule has 0 aromatic carbocycles. The summed E-state index contributed by atoms with van der Waals surface area (Å²) < 4.78 is 5.31. The quantitative estimate of drug-likeness (QED) is 0.149. The molecule has 2 N–H and O–H groups in total. The van der Waals surface area contributed by atoms with Crippen LogP contribution < -0.4 is 0 Å². The van der Waals surface area contributed by atoms with Crippen molar-refractivity contribution in [2.24, 2.45) is 0 Å². The number of rotatable bonds is 23. The van der Waals surface area contributed by atoms with E-state index in [1.165, 1.54) is 44.9 Å². The van der Waals surface area contributed by atoms with Crippen LogP contribution in [0.5, 0.6) is 0 Å². The number of unbranched alkanes of at least 4 members (excludes halogenated alkanes) is 16. The highest BCUT2D eigenvalue weighted by atomic mass is 16.5. The van der Waals surface area contributed by atoms with Gasteiger partial charge in [-0.1, -0.05) is 89.9 Å². The van der Waals surface area contributed by atoms with Crippen molar-refractivity contribution in [1.82, 2.24) is 0 Å². The molecule has 0 saturated heterocycles. The third-order valence-corrected chi connectivity index (χ3v) is 5.34. The third-order valence-electron chi connectivity index (χ3n) is 5.34. The number of carboxylic acids is 1. The highest BCUT2D eigenvalue weighted by Crippen LogP contribution is 2.12. The Morgan fingerprint density at radius 3 is 1.34 bits per heavy atom. The van der Waals surface area contributed by atoms with Gasteiger partial charge in [-0.25, -0.2) is 0 Å². The van der Waals surface area contributed by atoms with Crippen LogP contribution >= 0.6 is 0 Å². The molecule has 0 aliphatic rings. The van der Waals surface area contributed by atoms with Crippen molar-refractivity contribution in [1.29, 1.82) is 0 Å². The molecule has 0 aromatic rings. The Hall–Kier alpha value is -1.10. The van der Waals surface area contributed by atoms with Crippen molar-refractivity contribution in [3.8, 4) is 0 Å². The van der Waals surface area contributed by atoms with Crippen LogP contribution in [0.1, 0.15) is 128 Å². The van der Waals surface area contributed by atoms with Crippen LogP contribution in [0.2, 0.25) is 0 Å². The van der Waals surface area contributed by atoms with Gasteiger partial charge in [0.05, 0.1) is 6.61 Å². The van der Waals surface area contributed by atoms with Crippen LogP contribution in [-0.4, -0.2) is 35.4 Å². The number of aliphatic hydroxyl groups excluding tert-OH is 1. The molecule has 5 heteroatoms. The van der Waals surface area contributed by atoms with E-state index in [1.807, 2.05) is 0 Å². The number of aliphatic hydroxyl groups is 1. The van der Waals surface area contributed by atoms with Crippen LogP contribution in [0.15, 0.2) is 0 Å². The van der Waals surface area contributed by atoms with E-state index in [0.717, 1.165) is 70.6 Å². The smallest absolute Gasteiger partial charge is 0.305 e. The van der Waals surface area contributed by atoms with Gasteiger partial charge in [0.1, 0.15) is 0 Å². The summed E-state index contributed by atoms with van der Waals surface area (Å²) in [4.78, 5) is 22.1. The van der Waals surface area contributed by atoms with E-state index in [1.54, 1.807) is 0 Å². The minimum Gasteiger partial charge on any atom is -0.481 e. The monoisotopic (exact) mass is 414 g/mol. The van der Waals surface area contributed by atoms with Crippen molar-refractivity contribution < 1.29 is 24.5 Å². The summed E-state index contributed by atoms with van der Waals surface area (Å²) >= 11 is 0. The van der Waals surface area contributed by atoms with Gasteiger partial charge in [0.15, 0.2) is 0 Å². The van der Waals surface area contributed by atoms with Gasteiger partial charge in [0.25, 0.3) is 0 Å². The summed E-state index contributed by atoms with van der Waals surface area (Å²) in [7, 11) is 0. The normalized spacial score (nSPS) is 10.9. The predicted molar refractivity (Wildman–Crippen MR) is 118 cm³/mol. The molecule has 0 bridgehead atoms. The van der Waals surface area contributed by atoms with Gasteiger partial charge in [0, 0.05) is 19.4 Å². The van der Waals surface area contributed by atoms with Crippen LogP contribution in [0.4, 0.5) is 0 Å². The van der Waals surface area contributed by atoms with E-state index in [4.69, 9.17) is 14.9 Å². The van der Waals surface area contributed by atoms with Crippen molar-refractivity contribution in [2.45, 2.75) is 128 Å². The first-order valence-electron chi connectivity index (χ1n) is 12.1. The SMILES string of the molecule is O=C(O)CCCCCCCCCCC(=O)OCCCCCCCCCCCCO. The zero-order chi connectivity index (χ0) is 21.4. The Kier molecular flexibility index (Phi) is 22.3. The fourth-order valence-electron chi connectivity index (χ4n) is 3.49. The van der Waals surface area contributed by atoms with E-state index < -0.39 is 5.97 Å². The standard InChI is InChI=1S/C24H46O5/c25-21-17-13-9-5-1-2-6-10-14-18-22-29-24(28)20-16-12-8-4-3-7-11-15-19-23(26)27/h25H,1-22H2,(H,26,27). The van der Waals surface area contributed by atoms with Crippen molar-refractivity contribution >= 4 is 11.9 Å². The summed E-state index contributed by atoms with van der Waals surface area (Å²) in [6, 6.07) is 0. The number of hydrogen-bond acceptors (Lipinski definition) is 4. The van der Waals surface area contributed by atoms with Crippen LogP contribution in [0.3, 0.4) is 0 Å². The highest BCUT2D eigenvalue weighted by Gasteiger charge is 2.03. The maximum Gasteiger partial charge on any atom is 0.305 e. The molecule has 0 radical (unpaired) electrons. The Balaban J connectivity index is 3.16. The Morgan fingerprint density at radius 2 is 0.897 bits per heavy atom. The lowest BCUT2D eigenvalue weighted by atomic mass is 10.1. The topological polar surface area (TPSA) is 83.8 Å². The van der Waals surface area contributed by atoms with Crippen molar-refractivity contribution in [3.63, 3.8) is 0 Å². The maximum absolute atomic E-state index is 11.7. The van der Waals surface area contributed by atoms with E-state index in [9.17, 15) is 9.59 Å². The van der Waals surface area contributed by atoms with E-state index in [2.05, 4.69) is 0 Å². The second-order valence-electron chi connectivity index (χ2n) is 8.20. The maximum atomic E-state index is 11.7. The molecule has 0 aliphatic carbocycles. The molecule has 29 heavy (non-hydrogen) atoms. The molecular formula is C24H46O5. The number of hydrogen-bond donors (Lipinski definition) is 2. The number of carboxylic acid groups (broad SMARTS) is 1. The lowest BCUT2D eigenvalue weighted by molar-refractivity contribution is -0.144. The van der Waals surface area contributed by atoms with Crippen molar-refractivity contribution in [2.75, 3.05) is 13.2 Å². The van der Waals surface area contributed by atoms with E-state index in [-0.39, 0.29) is 12.4 Å². The predicted octanol–water partition coefficient (Wildman–Crippen LogP) is 6.41. The fourth-order valence-corrected chi connectivity index (χ4v) is 3.49. The molecule has 0 unspecified atom stereocenters. The van der Waals surface area contributed by atoms with Gasteiger partial charge in [-0.05, 0) is 25.7 Å². The molecule has 0 aliphatic heterocycles. The number of ether oxygens (including phenoxy) is 1. The molecule has 0 spiro atoms. The minimum absolute atomic E-state index is 0.0541. The lowest BCUT2D eigenvalue weighted by Crippen LogP contribution is -2.05. The number of aliphatic carboxylic acids is 1. The van der Waals surface area contributed by atoms with Gasteiger partial charge >= 0.3 is 11.9 Å². The zero-order valence-electron chi connectivity index (χ0n) is 18.7. The number of carbonyl (C=O) groups is 2. The molecule has 0 aromatic heterocycles. The molecule has 0 fully saturated rings. The molecule has 0 amide bonds. The fraction of sp³-hybridized carbons (Fsp3) is 0.917. The first-order valence-corrected chi connectivity index (χ1v) is 12.1. The van der Waals surface area contributed by atoms with Crippen LogP contribution in [-0.2, 0) is 14.3 Å². The first-order chi connectivity index (χ1) is 14.2. The van der Waals surface area contributed by atoms with E-state index in [0.29, 0.717) is 19.6 Å². The molecule has 172 valence electrons. The molecular weight excluding hydrogens is 368 g/mol. The minimum atomic E-state index is -0.700. The molecule has 5 nitrogen and oxygen atoms in total. The largest absolute Gasteiger partial charge is 0.481 e. The van der Waals surface area contributed by atoms with Crippen LogP contribution in [0.25, 0.3) is 0 Å². The Bertz CT molecular complexity index is 370.